The van der Waals surface area contributed by atoms with E-state index in [0.717, 1.165) is 22.2 Å². The van der Waals surface area contributed by atoms with Crippen LogP contribution < -0.4 is 4.90 Å². The van der Waals surface area contributed by atoms with Crippen LogP contribution in [0.15, 0.2) is 17.5 Å². The van der Waals surface area contributed by atoms with E-state index in [2.05, 4.69) is 36.3 Å². The number of aliphatic hydroxyl groups excluding tert-OH is 1. The molecular weight excluding hydrogens is 288 g/mol. The van der Waals surface area contributed by atoms with E-state index in [1.54, 1.807) is 22.7 Å². The highest BCUT2D eigenvalue weighted by molar-refractivity contribution is 7.15. The highest BCUT2D eigenvalue weighted by Gasteiger charge is 2.32. The normalized spacial score (nSPS) is 15.0. The van der Waals surface area contributed by atoms with E-state index in [1.807, 2.05) is 0 Å². The molecule has 0 unspecified atom stereocenters. The maximum Gasteiger partial charge on any atom is 0.186 e. The molecule has 3 rings (SSSR count). The summed E-state index contributed by atoms with van der Waals surface area (Å²) in [6, 6.07) is 4.92. The summed E-state index contributed by atoms with van der Waals surface area (Å²) in [6.07, 6.45) is 2.52. The second kappa shape index (κ2) is 5.84. The van der Waals surface area contributed by atoms with Crippen molar-refractivity contribution >= 4 is 27.8 Å². The minimum atomic E-state index is 0.0999. The fourth-order valence-electron chi connectivity index (χ4n) is 2.35. The lowest BCUT2D eigenvalue weighted by Crippen LogP contribution is -2.24. The minimum absolute atomic E-state index is 0.0999. The quantitative estimate of drug-likeness (QED) is 0.876. The number of nitrogens with zero attached hydrogens (tertiary/aromatic N) is 2. The Bertz CT molecular complexity index is 558. The summed E-state index contributed by atoms with van der Waals surface area (Å²) in [5.74, 6) is 0.366. The van der Waals surface area contributed by atoms with Crippen molar-refractivity contribution in [2.75, 3.05) is 4.90 Å². The van der Waals surface area contributed by atoms with Crippen LogP contribution in [0, 0.1) is 0 Å². The zero-order valence-corrected chi connectivity index (χ0v) is 13.5. The molecule has 0 amide bonds. The summed E-state index contributed by atoms with van der Waals surface area (Å²) < 4.78 is 0. The summed E-state index contributed by atoms with van der Waals surface area (Å²) in [6.45, 7) is 5.32. The third-order valence-electron chi connectivity index (χ3n) is 3.55. The Morgan fingerprint density at radius 2 is 2.25 bits per heavy atom. The van der Waals surface area contributed by atoms with Gasteiger partial charge in [0, 0.05) is 10.9 Å². The van der Waals surface area contributed by atoms with Crippen LogP contribution in [-0.2, 0) is 13.2 Å². The Labute approximate surface area is 127 Å². The number of aromatic nitrogens is 1. The van der Waals surface area contributed by atoms with E-state index >= 15 is 0 Å². The summed E-state index contributed by atoms with van der Waals surface area (Å²) in [7, 11) is 0. The van der Waals surface area contributed by atoms with E-state index in [-0.39, 0.29) is 6.61 Å². The number of thiophene rings is 1. The highest BCUT2D eigenvalue weighted by atomic mass is 32.1. The number of rotatable bonds is 6. The lowest BCUT2D eigenvalue weighted by atomic mass is 10.1. The average Bonchev–Trinajstić information content (AvgIpc) is 2.98. The van der Waals surface area contributed by atoms with Crippen molar-refractivity contribution in [2.45, 2.75) is 51.8 Å². The number of aliphatic hydroxyl groups is 1. The molecule has 1 fully saturated rings. The van der Waals surface area contributed by atoms with Gasteiger partial charge in [-0.05, 0) is 30.2 Å². The molecule has 0 aromatic carbocycles. The van der Waals surface area contributed by atoms with E-state index in [1.165, 1.54) is 17.7 Å². The minimum Gasteiger partial charge on any atom is -0.391 e. The number of thiazole rings is 1. The first-order valence-corrected chi connectivity index (χ1v) is 8.78. The predicted octanol–water partition coefficient (Wildman–Crippen LogP) is 3.99. The van der Waals surface area contributed by atoms with Crippen molar-refractivity contribution in [2.24, 2.45) is 0 Å². The Balaban J connectivity index is 1.87. The molecule has 0 spiro atoms. The van der Waals surface area contributed by atoms with E-state index in [0.29, 0.717) is 12.0 Å². The van der Waals surface area contributed by atoms with E-state index in [4.69, 9.17) is 4.98 Å². The van der Waals surface area contributed by atoms with Crippen molar-refractivity contribution in [3.63, 3.8) is 0 Å². The molecule has 1 aliphatic rings. The maximum atomic E-state index is 9.53. The average molecular weight is 308 g/mol. The van der Waals surface area contributed by atoms with Crippen LogP contribution in [0.1, 0.15) is 48.1 Å². The molecule has 5 heteroatoms. The predicted molar refractivity (Wildman–Crippen MR) is 85.6 cm³/mol. The fraction of sp³-hybridized carbons (Fsp3) is 0.533. The summed E-state index contributed by atoms with van der Waals surface area (Å²) >= 11 is 3.46. The van der Waals surface area contributed by atoms with Gasteiger partial charge in [0.25, 0.3) is 0 Å². The first-order chi connectivity index (χ1) is 9.69. The molecule has 20 heavy (non-hydrogen) atoms. The van der Waals surface area contributed by atoms with Gasteiger partial charge in [-0.3, -0.25) is 0 Å². The van der Waals surface area contributed by atoms with Gasteiger partial charge < -0.3 is 10.0 Å². The Morgan fingerprint density at radius 1 is 1.45 bits per heavy atom. The molecule has 2 aromatic heterocycles. The van der Waals surface area contributed by atoms with Gasteiger partial charge in [-0.15, -0.1) is 11.3 Å². The van der Waals surface area contributed by atoms with Crippen LogP contribution in [0.4, 0.5) is 5.13 Å². The maximum absolute atomic E-state index is 9.53. The molecule has 2 heterocycles. The monoisotopic (exact) mass is 308 g/mol. The van der Waals surface area contributed by atoms with Crippen LogP contribution in [0.5, 0.6) is 0 Å². The lowest BCUT2D eigenvalue weighted by Gasteiger charge is -2.20. The number of hydrogen-bond donors (Lipinski definition) is 1. The van der Waals surface area contributed by atoms with E-state index < -0.39 is 0 Å². The third-order valence-corrected chi connectivity index (χ3v) is 5.50. The van der Waals surface area contributed by atoms with Gasteiger partial charge in [0.1, 0.15) is 0 Å². The largest absolute Gasteiger partial charge is 0.391 e. The molecule has 0 bridgehead atoms. The molecule has 108 valence electrons. The van der Waals surface area contributed by atoms with Crippen molar-refractivity contribution < 1.29 is 5.11 Å². The Morgan fingerprint density at radius 3 is 2.75 bits per heavy atom. The fourth-order valence-corrected chi connectivity index (χ4v) is 4.20. The third kappa shape index (κ3) is 2.90. The van der Waals surface area contributed by atoms with E-state index in [9.17, 15) is 5.11 Å². The highest BCUT2D eigenvalue weighted by Crippen LogP contribution is 2.38. The Kier molecular flexibility index (Phi) is 4.10. The molecule has 2 aromatic rings. The molecule has 1 N–H and O–H groups in total. The number of hydrogen-bond acceptors (Lipinski definition) is 5. The van der Waals surface area contributed by atoms with Gasteiger partial charge in [0.2, 0.25) is 0 Å². The van der Waals surface area contributed by atoms with Crippen LogP contribution in [-0.4, -0.2) is 16.1 Å². The molecule has 0 atom stereocenters. The number of anilines is 1. The van der Waals surface area contributed by atoms with Crippen molar-refractivity contribution in [1.29, 1.82) is 0 Å². The summed E-state index contributed by atoms with van der Waals surface area (Å²) in [5.41, 5.74) is 1.06. The van der Waals surface area contributed by atoms with Gasteiger partial charge in [-0.1, -0.05) is 31.3 Å². The van der Waals surface area contributed by atoms with Crippen LogP contribution in [0.25, 0.3) is 0 Å². The zero-order chi connectivity index (χ0) is 14.1. The first-order valence-electron chi connectivity index (χ1n) is 7.08. The molecule has 3 nitrogen and oxygen atoms in total. The summed E-state index contributed by atoms with van der Waals surface area (Å²) in [5, 5.41) is 12.7. The van der Waals surface area contributed by atoms with Gasteiger partial charge in [0.15, 0.2) is 5.13 Å². The molecular formula is C15H20N2OS2. The van der Waals surface area contributed by atoms with Crippen LogP contribution >= 0.6 is 22.7 Å². The molecule has 0 saturated heterocycles. The topological polar surface area (TPSA) is 36.4 Å². The SMILES string of the molecule is CC(C)c1nc(N(Cc2cccs2)C2CC2)sc1CO. The Hall–Kier alpha value is -0.910. The van der Waals surface area contributed by atoms with Crippen molar-refractivity contribution in [3.05, 3.63) is 33.0 Å². The molecule has 1 aliphatic carbocycles. The van der Waals surface area contributed by atoms with Gasteiger partial charge in [-0.25, -0.2) is 4.98 Å². The van der Waals surface area contributed by atoms with Crippen LogP contribution in [0.2, 0.25) is 0 Å². The van der Waals surface area contributed by atoms with Gasteiger partial charge in [0.05, 0.1) is 23.7 Å². The van der Waals surface area contributed by atoms with Gasteiger partial charge >= 0.3 is 0 Å². The molecule has 0 aliphatic heterocycles. The lowest BCUT2D eigenvalue weighted by molar-refractivity contribution is 0.283. The first kappa shape index (κ1) is 14.0. The standard InChI is InChI=1S/C15H20N2OS2/c1-10(2)14-13(9-18)20-15(16-14)17(11-5-6-11)8-12-4-3-7-19-12/h3-4,7,10-11,18H,5-6,8-9H2,1-2H3. The second-order valence-electron chi connectivity index (χ2n) is 5.56. The van der Waals surface area contributed by atoms with Gasteiger partial charge in [-0.2, -0.15) is 0 Å². The van der Waals surface area contributed by atoms with Crippen molar-refractivity contribution in [3.8, 4) is 0 Å². The molecule has 0 radical (unpaired) electrons. The summed E-state index contributed by atoms with van der Waals surface area (Å²) in [4.78, 5) is 9.63. The van der Waals surface area contributed by atoms with Crippen molar-refractivity contribution in [1.82, 2.24) is 4.98 Å². The molecule has 1 saturated carbocycles. The van der Waals surface area contributed by atoms with Crippen LogP contribution in [0.3, 0.4) is 0 Å². The second-order valence-corrected chi connectivity index (χ2v) is 7.65. The zero-order valence-electron chi connectivity index (χ0n) is 11.9. The smallest absolute Gasteiger partial charge is 0.186 e.